The van der Waals surface area contributed by atoms with Crippen molar-refractivity contribution in [2.45, 2.75) is 81.4 Å². The molecule has 0 fully saturated rings. The molecule has 0 radical (unpaired) electrons. The number of esters is 1. The molecular formula is C23H37F5O6. The molecule has 11 heteroatoms. The fourth-order valence-corrected chi connectivity index (χ4v) is 2.76. The Labute approximate surface area is 198 Å². The zero-order valence-corrected chi connectivity index (χ0v) is 18.3. The molecule has 1 aromatic rings. The van der Waals surface area contributed by atoms with Gasteiger partial charge in [0.25, 0.3) is 0 Å². The Balaban J connectivity index is -0.00000320. The van der Waals surface area contributed by atoms with E-state index in [2.05, 4.69) is 4.74 Å². The van der Waals surface area contributed by atoms with Crippen molar-refractivity contribution in [3.05, 3.63) is 29.1 Å². The minimum absolute atomic E-state index is 0. The molecular weight excluding hydrogens is 467 g/mol. The number of ether oxygens (including phenoxy) is 4. The van der Waals surface area contributed by atoms with Gasteiger partial charge in [0, 0.05) is 13.5 Å². The summed E-state index contributed by atoms with van der Waals surface area (Å²) in [5, 5.41) is 0. The fourth-order valence-electron chi connectivity index (χ4n) is 2.76. The maximum Gasteiger partial charge on any atom is 0.514 e. The summed E-state index contributed by atoms with van der Waals surface area (Å²) in [6.45, 7) is 8.90. The molecule has 1 rings (SSSR count). The van der Waals surface area contributed by atoms with E-state index >= 15 is 0 Å². The molecule has 0 aliphatic rings. The summed E-state index contributed by atoms with van der Waals surface area (Å²) in [5.74, 6) is -14.0. The van der Waals surface area contributed by atoms with E-state index in [1.165, 1.54) is 7.11 Å². The number of hydrogen-bond donors (Lipinski definition) is 0. The van der Waals surface area contributed by atoms with Gasteiger partial charge in [0.2, 0.25) is 34.8 Å². The second-order valence-corrected chi connectivity index (χ2v) is 7.92. The van der Waals surface area contributed by atoms with Gasteiger partial charge < -0.3 is 18.9 Å². The van der Waals surface area contributed by atoms with Crippen molar-refractivity contribution in [1.82, 2.24) is 0 Å². The third-order valence-electron chi connectivity index (χ3n) is 5.66. The second kappa shape index (κ2) is 12.9. The Morgan fingerprint density at radius 2 is 1.18 bits per heavy atom. The maximum absolute atomic E-state index is 13.7. The van der Waals surface area contributed by atoms with E-state index in [1.807, 2.05) is 0 Å². The van der Waals surface area contributed by atoms with Crippen molar-refractivity contribution in [1.29, 1.82) is 0 Å². The number of methoxy groups -OCH3 is 1. The summed E-state index contributed by atoms with van der Waals surface area (Å²) in [4.78, 5) is 23.9. The summed E-state index contributed by atoms with van der Waals surface area (Å²) in [5.41, 5.74) is -3.63. The van der Waals surface area contributed by atoms with Crippen molar-refractivity contribution in [2.75, 3.05) is 13.7 Å². The van der Waals surface area contributed by atoms with E-state index in [9.17, 15) is 31.5 Å². The van der Waals surface area contributed by atoms with Crippen molar-refractivity contribution in [3.8, 4) is 5.75 Å². The monoisotopic (exact) mass is 504 g/mol. The minimum Gasteiger partial charge on any atom is -0.459 e. The van der Waals surface area contributed by atoms with Crippen LogP contribution in [0, 0.1) is 34.5 Å². The number of carbonyl (C=O) groups excluding carboxylic acids is 2. The first-order valence-electron chi connectivity index (χ1n) is 9.19. The molecule has 0 aromatic heterocycles. The average Bonchev–Trinajstić information content (AvgIpc) is 2.71. The van der Waals surface area contributed by atoms with Crippen molar-refractivity contribution in [2.24, 2.45) is 5.41 Å². The quantitative estimate of drug-likeness (QED) is 0.125. The van der Waals surface area contributed by atoms with Crippen molar-refractivity contribution in [3.63, 3.8) is 0 Å². The highest BCUT2D eigenvalue weighted by atomic mass is 19.2. The molecule has 0 bridgehead atoms. The second-order valence-electron chi connectivity index (χ2n) is 7.92. The summed E-state index contributed by atoms with van der Waals surface area (Å²) in [6, 6.07) is 0. The molecule has 1 atom stereocenters. The van der Waals surface area contributed by atoms with Gasteiger partial charge in [0.1, 0.15) is 12.2 Å². The Morgan fingerprint density at radius 3 is 1.56 bits per heavy atom. The molecule has 0 heterocycles. The van der Waals surface area contributed by atoms with Crippen LogP contribution < -0.4 is 4.74 Å². The first-order valence-corrected chi connectivity index (χ1v) is 9.19. The Bertz CT molecular complexity index is 828. The number of halogens is 5. The molecule has 0 amide bonds. The molecule has 0 saturated carbocycles. The van der Waals surface area contributed by atoms with Gasteiger partial charge in [-0.25, -0.2) is 18.0 Å². The first-order chi connectivity index (χ1) is 14.1. The highest BCUT2D eigenvalue weighted by Crippen LogP contribution is 2.45. The predicted octanol–water partition coefficient (Wildman–Crippen LogP) is 6.97. The van der Waals surface area contributed by atoms with E-state index in [4.69, 9.17) is 14.2 Å². The van der Waals surface area contributed by atoms with Crippen LogP contribution in [0.2, 0.25) is 0 Å². The fraction of sp³-hybridized carbons (Fsp3) is 0.652. The lowest BCUT2D eigenvalue weighted by Gasteiger charge is -2.51. The highest BCUT2D eigenvalue weighted by molar-refractivity contribution is 5.69. The summed E-state index contributed by atoms with van der Waals surface area (Å²) in [7, 11) is 1.36. The highest BCUT2D eigenvalue weighted by Gasteiger charge is 2.55. The summed E-state index contributed by atoms with van der Waals surface area (Å²) in [6.07, 6.45) is -1.67. The van der Waals surface area contributed by atoms with Gasteiger partial charge >= 0.3 is 12.1 Å². The molecule has 200 valence electrons. The molecule has 0 N–H and O–H groups in total. The Morgan fingerprint density at radius 1 is 0.765 bits per heavy atom. The van der Waals surface area contributed by atoms with Crippen LogP contribution in [-0.4, -0.2) is 37.0 Å². The van der Waals surface area contributed by atoms with Crippen molar-refractivity contribution < 1.29 is 50.5 Å². The smallest absolute Gasteiger partial charge is 0.459 e. The zero-order valence-electron chi connectivity index (χ0n) is 18.3. The molecule has 0 spiro atoms. The number of carbonyl (C=O) groups is 2. The maximum atomic E-state index is 13.7. The Hall–Kier alpha value is -2.43. The van der Waals surface area contributed by atoms with E-state index in [0.717, 1.165) is 0 Å². The van der Waals surface area contributed by atoms with Crippen LogP contribution in [-0.2, 0) is 19.0 Å². The van der Waals surface area contributed by atoms with E-state index in [0.29, 0.717) is 0 Å². The molecule has 0 saturated heterocycles. The van der Waals surface area contributed by atoms with Crippen LogP contribution in [0.25, 0.3) is 0 Å². The molecule has 6 nitrogen and oxygen atoms in total. The van der Waals surface area contributed by atoms with Crippen LogP contribution in [0.5, 0.6) is 5.75 Å². The predicted molar refractivity (Wildman–Crippen MR) is 118 cm³/mol. The lowest BCUT2D eigenvalue weighted by molar-refractivity contribution is -0.212. The average molecular weight is 505 g/mol. The van der Waals surface area contributed by atoms with Crippen LogP contribution in [0.15, 0.2) is 0 Å². The van der Waals surface area contributed by atoms with Gasteiger partial charge in [0.05, 0.1) is 11.0 Å². The number of hydrogen-bond acceptors (Lipinski definition) is 6. The first kappa shape index (κ1) is 36.1. The van der Waals surface area contributed by atoms with E-state index < -0.39 is 70.2 Å². The van der Waals surface area contributed by atoms with Crippen LogP contribution in [0.1, 0.15) is 70.2 Å². The molecule has 0 aliphatic carbocycles. The normalized spacial score (nSPS) is 12.8. The molecule has 0 aliphatic heterocycles. The SMILES string of the molecule is C.C.C.CCC(=O)OC(C)(C)C(C)(COC(=O)Oc1c(F)c(F)c(F)c(F)c1F)C(C)(C)OC. The Kier molecular flexibility index (Phi) is 13.7. The molecule has 1 unspecified atom stereocenters. The summed E-state index contributed by atoms with van der Waals surface area (Å²) < 4.78 is 87.2. The molecule has 1 aromatic carbocycles. The van der Waals surface area contributed by atoms with Gasteiger partial charge in [-0.3, -0.25) is 4.79 Å². The zero-order chi connectivity index (χ0) is 24.4. The lowest BCUT2D eigenvalue weighted by Crippen LogP contribution is -2.60. The van der Waals surface area contributed by atoms with E-state index in [1.54, 1.807) is 41.5 Å². The van der Waals surface area contributed by atoms with Gasteiger partial charge in [-0.1, -0.05) is 29.2 Å². The van der Waals surface area contributed by atoms with Gasteiger partial charge in [-0.05, 0) is 34.6 Å². The third kappa shape index (κ3) is 6.80. The van der Waals surface area contributed by atoms with E-state index in [-0.39, 0.29) is 28.7 Å². The van der Waals surface area contributed by atoms with Crippen molar-refractivity contribution >= 4 is 12.1 Å². The summed E-state index contributed by atoms with van der Waals surface area (Å²) >= 11 is 0. The van der Waals surface area contributed by atoms with Gasteiger partial charge in [-0.2, -0.15) is 8.78 Å². The number of benzene rings is 1. The van der Waals surface area contributed by atoms with Gasteiger partial charge in [-0.15, -0.1) is 0 Å². The van der Waals surface area contributed by atoms with Gasteiger partial charge in [0.15, 0.2) is 0 Å². The standard InChI is InChI=1S/C20H25F5O6.3CH4/c1-8-10(26)31-19(4,5)20(6,18(2,3)28-7)9-29-17(27)30-16-14(24)12(22)11(21)13(23)15(16)25;;;/h8-9H2,1-7H3;3*1H4. The minimum atomic E-state index is -2.40. The number of rotatable bonds is 8. The largest absolute Gasteiger partial charge is 0.514 e. The third-order valence-corrected chi connectivity index (χ3v) is 5.66. The lowest BCUT2D eigenvalue weighted by atomic mass is 9.65. The van der Waals surface area contributed by atoms with Crippen LogP contribution in [0.3, 0.4) is 0 Å². The van der Waals surface area contributed by atoms with Crippen LogP contribution in [0.4, 0.5) is 26.7 Å². The van der Waals surface area contributed by atoms with Crippen LogP contribution >= 0.6 is 0 Å². The topological polar surface area (TPSA) is 71.1 Å². The molecule has 34 heavy (non-hydrogen) atoms.